The molecule has 23 heavy (non-hydrogen) atoms. The van der Waals surface area contributed by atoms with Crippen LogP contribution in [0, 0.1) is 0 Å². The van der Waals surface area contributed by atoms with Gasteiger partial charge in [-0.15, -0.1) is 5.46 Å². The van der Waals surface area contributed by atoms with Crippen molar-refractivity contribution >= 4 is 35.4 Å². The van der Waals surface area contributed by atoms with Crippen LogP contribution in [0.2, 0.25) is 0 Å². The molecule has 0 amide bonds. The number of hydrogen-bond donors (Lipinski definition) is 0. The van der Waals surface area contributed by atoms with Gasteiger partial charge in [0.25, 0.3) is 0 Å². The van der Waals surface area contributed by atoms with Gasteiger partial charge in [-0.3, -0.25) is 0 Å². The Morgan fingerprint density at radius 2 is 1.26 bits per heavy atom. The van der Waals surface area contributed by atoms with Crippen molar-refractivity contribution in [3.8, 4) is 0 Å². The maximum atomic E-state index is 13.1. The van der Waals surface area contributed by atoms with Crippen LogP contribution in [0.4, 0.5) is 12.9 Å². The van der Waals surface area contributed by atoms with Crippen LogP contribution in [0.15, 0.2) is 66.7 Å². The summed E-state index contributed by atoms with van der Waals surface area (Å²) in [6.45, 7) is -5.01. The molecule has 0 aliphatic rings. The molecule has 0 nitrogen and oxygen atoms in total. The topological polar surface area (TPSA) is 0 Å². The molecule has 0 aliphatic heterocycles. The summed E-state index contributed by atoms with van der Waals surface area (Å²) in [5, 5.41) is 0.872. The molecule has 3 aromatic rings. The molecule has 110 valence electrons. The Balaban J connectivity index is 0.00000192. The first-order chi connectivity index (χ1) is 10.6. The Hall–Kier alpha value is -0.849. The van der Waals surface area contributed by atoms with E-state index >= 15 is 0 Å². The van der Waals surface area contributed by atoms with Gasteiger partial charge in [-0.25, -0.2) is 0 Å². The molecular formula is C18H13BF3K. The Labute approximate surface area is 175 Å². The van der Waals surface area contributed by atoms with E-state index in [0.717, 1.165) is 11.1 Å². The summed E-state index contributed by atoms with van der Waals surface area (Å²) in [6, 6.07) is 19.0. The minimum Gasteiger partial charge on any atom is -0.445 e. The van der Waals surface area contributed by atoms with Crippen LogP contribution < -0.4 is 56.8 Å². The van der Waals surface area contributed by atoms with Crippen LogP contribution in [-0.2, 0) is 0 Å². The molecule has 0 heterocycles. The Bertz CT molecular complexity index is 827. The summed E-state index contributed by atoms with van der Waals surface area (Å²) in [6.07, 6.45) is 3.75. The zero-order valence-electron chi connectivity index (χ0n) is 12.7. The summed E-state index contributed by atoms with van der Waals surface area (Å²) in [4.78, 5) is 0. The molecule has 0 N–H and O–H groups in total. The molecule has 0 atom stereocenters. The van der Waals surface area contributed by atoms with Gasteiger partial charge in [0.15, 0.2) is 0 Å². The van der Waals surface area contributed by atoms with Crippen LogP contribution in [0.25, 0.3) is 22.9 Å². The molecule has 0 unspecified atom stereocenters. The molecule has 0 aromatic heterocycles. The molecule has 3 rings (SSSR count). The maximum absolute atomic E-state index is 13.1. The van der Waals surface area contributed by atoms with E-state index in [1.807, 2.05) is 42.5 Å². The van der Waals surface area contributed by atoms with Gasteiger partial charge in [0, 0.05) is 0 Å². The number of benzene rings is 3. The first-order valence-electron chi connectivity index (χ1n) is 7.00. The molecule has 0 saturated heterocycles. The predicted molar refractivity (Wildman–Crippen MR) is 88.0 cm³/mol. The summed E-state index contributed by atoms with van der Waals surface area (Å²) < 4.78 is 39.4. The molecule has 5 heteroatoms. The Morgan fingerprint density at radius 1 is 0.652 bits per heavy atom. The van der Waals surface area contributed by atoms with Crippen LogP contribution in [0.5, 0.6) is 0 Å². The smallest absolute Gasteiger partial charge is 0.445 e. The standard InChI is InChI=1S/C18H13BF3.K/c20-19(21,22)18-13-12-15(16-8-4-5-9-17(16)18)11-10-14-6-2-1-3-7-14;/h1-13H;/q-1;+1/b11-10+;. The fourth-order valence-electron chi connectivity index (χ4n) is 2.53. The van der Waals surface area contributed by atoms with Crippen molar-refractivity contribution in [2.45, 2.75) is 0 Å². The van der Waals surface area contributed by atoms with E-state index in [9.17, 15) is 12.9 Å². The van der Waals surface area contributed by atoms with Crippen LogP contribution >= 0.6 is 0 Å². The fraction of sp³-hybridized carbons (Fsp3) is 0. The zero-order chi connectivity index (χ0) is 15.6. The molecule has 0 spiro atoms. The summed E-state index contributed by atoms with van der Waals surface area (Å²) in [7, 11) is 0. The minimum atomic E-state index is -5.01. The van der Waals surface area contributed by atoms with E-state index in [-0.39, 0.29) is 56.8 Å². The molecule has 3 aromatic carbocycles. The van der Waals surface area contributed by atoms with E-state index in [2.05, 4.69) is 0 Å². The third kappa shape index (κ3) is 4.37. The van der Waals surface area contributed by atoms with E-state index < -0.39 is 12.4 Å². The van der Waals surface area contributed by atoms with Crippen molar-refractivity contribution in [2.24, 2.45) is 0 Å². The van der Waals surface area contributed by atoms with Crippen molar-refractivity contribution in [1.29, 1.82) is 0 Å². The first-order valence-corrected chi connectivity index (χ1v) is 7.00. The van der Waals surface area contributed by atoms with Crippen LogP contribution in [-0.4, -0.2) is 6.98 Å². The molecule has 0 bridgehead atoms. The van der Waals surface area contributed by atoms with Gasteiger partial charge in [-0.05, 0) is 21.9 Å². The van der Waals surface area contributed by atoms with Gasteiger partial charge in [0.2, 0.25) is 0 Å². The average Bonchev–Trinajstić information content (AvgIpc) is 2.52. The van der Waals surface area contributed by atoms with Gasteiger partial charge in [0.05, 0.1) is 0 Å². The van der Waals surface area contributed by atoms with E-state index in [0.29, 0.717) is 5.39 Å². The third-order valence-electron chi connectivity index (χ3n) is 3.60. The predicted octanol–water partition coefficient (Wildman–Crippen LogP) is 2.07. The van der Waals surface area contributed by atoms with Crippen molar-refractivity contribution < 1.29 is 64.3 Å². The third-order valence-corrected chi connectivity index (χ3v) is 3.60. The molecular weight excluding hydrogens is 323 g/mol. The van der Waals surface area contributed by atoms with Crippen LogP contribution in [0.1, 0.15) is 11.1 Å². The number of rotatable bonds is 3. The van der Waals surface area contributed by atoms with E-state index in [1.54, 1.807) is 18.2 Å². The van der Waals surface area contributed by atoms with Crippen molar-refractivity contribution in [3.05, 3.63) is 77.9 Å². The summed E-state index contributed by atoms with van der Waals surface area (Å²) in [5.41, 5.74) is 1.26. The first kappa shape index (κ1) is 18.5. The fourth-order valence-corrected chi connectivity index (χ4v) is 2.53. The second-order valence-electron chi connectivity index (χ2n) is 5.11. The van der Waals surface area contributed by atoms with Gasteiger partial charge >= 0.3 is 58.4 Å². The molecule has 0 fully saturated rings. The maximum Gasteiger partial charge on any atom is 1.00 e. The second kappa shape index (κ2) is 7.82. The van der Waals surface area contributed by atoms with Gasteiger partial charge in [-0.1, -0.05) is 78.9 Å². The summed E-state index contributed by atoms with van der Waals surface area (Å²) in [5.74, 6) is 0. The molecule has 0 radical (unpaired) electrons. The van der Waals surface area contributed by atoms with Crippen LogP contribution in [0.3, 0.4) is 0 Å². The van der Waals surface area contributed by atoms with Crippen molar-refractivity contribution in [3.63, 3.8) is 0 Å². The zero-order valence-corrected chi connectivity index (χ0v) is 15.8. The van der Waals surface area contributed by atoms with Crippen molar-refractivity contribution in [2.75, 3.05) is 0 Å². The normalized spacial score (nSPS) is 11.6. The largest absolute Gasteiger partial charge is 1.00 e. The van der Waals surface area contributed by atoms with Gasteiger partial charge in [-0.2, -0.15) is 0 Å². The van der Waals surface area contributed by atoms with Crippen molar-refractivity contribution in [1.82, 2.24) is 0 Å². The number of hydrogen-bond acceptors (Lipinski definition) is 0. The van der Waals surface area contributed by atoms with E-state index in [4.69, 9.17) is 0 Å². The monoisotopic (exact) mass is 336 g/mol. The quantitative estimate of drug-likeness (QED) is 0.507. The number of halogens is 3. The average molecular weight is 336 g/mol. The van der Waals surface area contributed by atoms with E-state index in [1.165, 1.54) is 18.2 Å². The Kier molecular flexibility index (Phi) is 6.28. The summed E-state index contributed by atoms with van der Waals surface area (Å²) >= 11 is 0. The SMILES string of the molecule is F[B-](F)(F)c1ccc(/C=C/c2ccccc2)c2ccccc12.[K+]. The molecule has 0 aliphatic carbocycles. The van der Waals surface area contributed by atoms with Gasteiger partial charge in [0.1, 0.15) is 0 Å². The Morgan fingerprint density at radius 3 is 1.91 bits per heavy atom. The second-order valence-corrected chi connectivity index (χ2v) is 5.11. The number of fused-ring (bicyclic) bond motifs is 1. The minimum absolute atomic E-state index is 0. The van der Waals surface area contributed by atoms with Gasteiger partial charge < -0.3 is 12.9 Å². The molecule has 0 saturated carbocycles.